The van der Waals surface area contributed by atoms with E-state index in [-0.39, 0.29) is 23.3 Å². The Labute approximate surface area is 197 Å². The first-order valence-corrected chi connectivity index (χ1v) is 13.4. The van der Waals surface area contributed by atoms with Crippen molar-refractivity contribution in [3.8, 4) is 5.75 Å². The molecule has 174 valence electrons. The van der Waals surface area contributed by atoms with Crippen LogP contribution in [0.1, 0.15) is 35.9 Å². The van der Waals surface area contributed by atoms with Crippen LogP contribution < -0.4 is 10.1 Å². The van der Waals surface area contributed by atoms with Gasteiger partial charge in [0.05, 0.1) is 23.8 Å². The molecule has 10 heteroatoms. The molecule has 33 heavy (non-hydrogen) atoms. The Morgan fingerprint density at radius 1 is 1.18 bits per heavy atom. The number of amides is 1. The summed E-state index contributed by atoms with van der Waals surface area (Å²) in [6, 6.07) is 16.8. The Hall–Kier alpha value is -2.85. The molecule has 1 fully saturated rings. The molecule has 2 unspecified atom stereocenters. The summed E-state index contributed by atoms with van der Waals surface area (Å²) in [6.07, 6.45) is 0.537. The molecule has 2 heterocycles. The number of thioether (sulfide) groups is 1. The van der Waals surface area contributed by atoms with E-state index in [0.717, 1.165) is 5.56 Å². The van der Waals surface area contributed by atoms with Crippen LogP contribution in [0.2, 0.25) is 0 Å². The SMILES string of the molecule is CCOc1ccccc1NC(=O)C(Sc1nnc(C2CCS(=O)(=O)C2)n1C)c1ccccc1. The summed E-state index contributed by atoms with van der Waals surface area (Å²) in [5.41, 5.74) is 1.42. The van der Waals surface area contributed by atoms with Gasteiger partial charge >= 0.3 is 0 Å². The molecule has 0 saturated carbocycles. The minimum atomic E-state index is -3.04. The first kappa shape index (κ1) is 23.3. The van der Waals surface area contributed by atoms with Gasteiger partial charge in [0.2, 0.25) is 5.91 Å². The van der Waals surface area contributed by atoms with Gasteiger partial charge in [0.15, 0.2) is 15.0 Å². The van der Waals surface area contributed by atoms with Gasteiger partial charge in [-0.15, -0.1) is 10.2 Å². The lowest BCUT2D eigenvalue weighted by atomic mass is 10.1. The van der Waals surface area contributed by atoms with Crippen LogP contribution in [-0.4, -0.2) is 47.2 Å². The standard InChI is InChI=1S/C23H26N4O4S2/c1-3-31-19-12-8-7-11-18(19)24-22(28)20(16-9-5-4-6-10-16)32-23-26-25-21(27(23)2)17-13-14-33(29,30)15-17/h4-12,17,20H,3,13-15H2,1-2H3,(H,24,28). The number of nitrogens with one attached hydrogen (secondary N) is 1. The van der Waals surface area contributed by atoms with Crippen LogP contribution in [0.25, 0.3) is 0 Å². The van der Waals surface area contributed by atoms with Crippen LogP contribution in [0.5, 0.6) is 5.75 Å². The molecule has 4 rings (SSSR count). The van der Waals surface area contributed by atoms with Crippen LogP contribution >= 0.6 is 11.8 Å². The Morgan fingerprint density at radius 3 is 2.61 bits per heavy atom. The largest absolute Gasteiger partial charge is 0.492 e. The Morgan fingerprint density at radius 2 is 1.91 bits per heavy atom. The number of anilines is 1. The second kappa shape index (κ2) is 9.96. The predicted molar refractivity (Wildman–Crippen MR) is 128 cm³/mol. The number of sulfone groups is 1. The summed E-state index contributed by atoms with van der Waals surface area (Å²) in [7, 11) is -1.23. The lowest BCUT2D eigenvalue weighted by Gasteiger charge is -2.18. The number of para-hydroxylation sites is 2. The fourth-order valence-corrected chi connectivity index (χ4v) is 6.59. The van der Waals surface area contributed by atoms with Gasteiger partial charge in [0.25, 0.3) is 0 Å². The molecule has 3 aromatic rings. The van der Waals surface area contributed by atoms with Gasteiger partial charge in [-0.25, -0.2) is 8.42 Å². The molecule has 1 amide bonds. The van der Waals surface area contributed by atoms with Crippen LogP contribution in [0.4, 0.5) is 5.69 Å². The lowest BCUT2D eigenvalue weighted by molar-refractivity contribution is -0.115. The van der Waals surface area contributed by atoms with E-state index in [0.29, 0.717) is 35.4 Å². The van der Waals surface area contributed by atoms with E-state index in [2.05, 4.69) is 15.5 Å². The predicted octanol–water partition coefficient (Wildman–Crippen LogP) is 3.59. The summed E-state index contributed by atoms with van der Waals surface area (Å²) >= 11 is 1.28. The van der Waals surface area contributed by atoms with E-state index >= 15 is 0 Å². The van der Waals surface area contributed by atoms with E-state index in [9.17, 15) is 13.2 Å². The van der Waals surface area contributed by atoms with Crippen molar-refractivity contribution in [2.24, 2.45) is 7.05 Å². The fourth-order valence-electron chi connectivity index (χ4n) is 3.84. The van der Waals surface area contributed by atoms with Gasteiger partial charge in [-0.1, -0.05) is 54.2 Å². The van der Waals surface area contributed by atoms with Gasteiger partial charge in [-0.2, -0.15) is 0 Å². The highest BCUT2D eigenvalue weighted by molar-refractivity contribution is 8.00. The number of hydrogen-bond acceptors (Lipinski definition) is 7. The van der Waals surface area contributed by atoms with Gasteiger partial charge in [-0.3, -0.25) is 4.79 Å². The van der Waals surface area contributed by atoms with Crippen molar-refractivity contribution in [2.75, 3.05) is 23.4 Å². The van der Waals surface area contributed by atoms with Crippen molar-refractivity contribution in [1.82, 2.24) is 14.8 Å². The number of benzene rings is 2. The molecular weight excluding hydrogens is 460 g/mol. The molecule has 1 aliphatic rings. The molecule has 1 saturated heterocycles. The maximum atomic E-state index is 13.4. The molecule has 0 aliphatic carbocycles. The van der Waals surface area contributed by atoms with E-state index < -0.39 is 15.1 Å². The normalized spacial score (nSPS) is 18.1. The van der Waals surface area contributed by atoms with Gasteiger partial charge in [0.1, 0.15) is 16.8 Å². The number of nitrogens with zero attached hydrogens (tertiary/aromatic N) is 3. The molecule has 0 bridgehead atoms. The molecule has 2 aromatic carbocycles. The maximum Gasteiger partial charge on any atom is 0.242 e. The van der Waals surface area contributed by atoms with Crippen molar-refractivity contribution in [3.63, 3.8) is 0 Å². The second-order valence-electron chi connectivity index (χ2n) is 7.83. The Balaban J connectivity index is 1.60. The van der Waals surface area contributed by atoms with E-state index in [1.165, 1.54) is 11.8 Å². The topological polar surface area (TPSA) is 103 Å². The highest BCUT2D eigenvalue weighted by atomic mass is 32.2. The molecule has 1 N–H and O–H groups in total. The minimum Gasteiger partial charge on any atom is -0.492 e. The van der Waals surface area contributed by atoms with E-state index in [1.54, 1.807) is 10.6 Å². The van der Waals surface area contributed by atoms with Gasteiger partial charge < -0.3 is 14.6 Å². The summed E-state index contributed by atoms with van der Waals surface area (Å²) in [6.45, 7) is 2.38. The summed E-state index contributed by atoms with van der Waals surface area (Å²) in [5.74, 6) is 1.10. The lowest BCUT2D eigenvalue weighted by Crippen LogP contribution is -2.20. The van der Waals surface area contributed by atoms with Crippen LogP contribution in [0, 0.1) is 0 Å². The van der Waals surface area contributed by atoms with Crippen molar-refractivity contribution in [3.05, 3.63) is 66.0 Å². The number of rotatable bonds is 8. The van der Waals surface area contributed by atoms with Gasteiger partial charge in [0, 0.05) is 13.0 Å². The average Bonchev–Trinajstić information content (AvgIpc) is 3.35. The number of hydrogen-bond donors (Lipinski definition) is 1. The second-order valence-corrected chi connectivity index (χ2v) is 11.1. The highest BCUT2D eigenvalue weighted by Crippen LogP contribution is 2.38. The zero-order valence-electron chi connectivity index (χ0n) is 18.5. The Bertz CT molecular complexity index is 1230. The smallest absolute Gasteiger partial charge is 0.242 e. The highest BCUT2D eigenvalue weighted by Gasteiger charge is 2.33. The average molecular weight is 487 g/mol. The third kappa shape index (κ3) is 5.39. The van der Waals surface area contributed by atoms with E-state index in [4.69, 9.17) is 4.74 Å². The summed E-state index contributed by atoms with van der Waals surface area (Å²) in [5, 5.41) is 11.5. The first-order chi connectivity index (χ1) is 15.9. The number of carbonyl (C=O) groups excluding carboxylic acids is 1. The molecule has 1 aliphatic heterocycles. The van der Waals surface area contributed by atoms with Crippen molar-refractivity contribution in [1.29, 1.82) is 0 Å². The third-order valence-corrected chi connectivity index (χ3v) is 8.53. The number of carbonyl (C=O) groups is 1. The number of aromatic nitrogens is 3. The fraction of sp³-hybridized carbons (Fsp3) is 0.348. The first-order valence-electron chi connectivity index (χ1n) is 10.7. The Kier molecular flexibility index (Phi) is 7.04. The van der Waals surface area contributed by atoms with Crippen LogP contribution in [0.15, 0.2) is 59.8 Å². The van der Waals surface area contributed by atoms with Crippen molar-refractivity contribution in [2.45, 2.75) is 29.7 Å². The number of ether oxygens (including phenoxy) is 1. The molecule has 0 spiro atoms. The zero-order chi connectivity index (χ0) is 23.4. The summed E-state index contributed by atoms with van der Waals surface area (Å²) in [4.78, 5) is 13.4. The maximum absolute atomic E-state index is 13.4. The van der Waals surface area contributed by atoms with Crippen LogP contribution in [0.3, 0.4) is 0 Å². The third-order valence-electron chi connectivity index (χ3n) is 5.47. The van der Waals surface area contributed by atoms with Crippen LogP contribution in [-0.2, 0) is 21.7 Å². The summed E-state index contributed by atoms with van der Waals surface area (Å²) < 4.78 is 31.3. The van der Waals surface area contributed by atoms with Gasteiger partial charge in [-0.05, 0) is 31.0 Å². The van der Waals surface area contributed by atoms with Crippen molar-refractivity contribution < 1.29 is 17.9 Å². The van der Waals surface area contributed by atoms with Crippen molar-refractivity contribution >= 4 is 33.2 Å². The van der Waals surface area contributed by atoms with E-state index in [1.807, 2.05) is 62.5 Å². The monoisotopic (exact) mass is 486 g/mol. The molecule has 0 radical (unpaired) electrons. The molecule has 8 nitrogen and oxygen atoms in total. The molecule has 2 atom stereocenters. The molecular formula is C23H26N4O4S2. The molecule has 1 aromatic heterocycles. The quantitative estimate of drug-likeness (QED) is 0.485. The minimum absolute atomic E-state index is 0.0838. The zero-order valence-corrected chi connectivity index (χ0v) is 20.1.